The molecule has 0 aliphatic carbocycles. The Morgan fingerprint density at radius 3 is 2.83 bits per heavy atom. The normalized spacial score (nSPS) is 18.3. The van der Waals surface area contributed by atoms with Gasteiger partial charge in [0.2, 0.25) is 18.6 Å². The van der Waals surface area contributed by atoms with E-state index in [0.29, 0.717) is 60.4 Å². The molecule has 3 N–H and O–H groups in total. The lowest BCUT2D eigenvalue weighted by molar-refractivity contribution is 0.0416. The number of rotatable bonds is 3. The van der Waals surface area contributed by atoms with E-state index in [1.54, 1.807) is 23.1 Å². The number of hydrogen-bond acceptors (Lipinski definition) is 9. The first-order valence-electron chi connectivity index (χ1n) is 11.3. The molecule has 2 aromatic carbocycles. The molecule has 1 saturated heterocycles. The van der Waals surface area contributed by atoms with E-state index in [-0.39, 0.29) is 24.1 Å². The van der Waals surface area contributed by atoms with E-state index in [1.165, 1.54) is 0 Å². The summed E-state index contributed by atoms with van der Waals surface area (Å²) in [5, 5.41) is 17.3. The molecule has 0 spiro atoms. The molecule has 36 heavy (non-hydrogen) atoms. The van der Waals surface area contributed by atoms with Gasteiger partial charge in [0.05, 0.1) is 30.4 Å². The Kier molecular flexibility index (Phi) is 5.35. The quantitative estimate of drug-likeness (QED) is 0.569. The molecule has 3 aromatic rings. The Morgan fingerprint density at radius 2 is 2.00 bits per heavy atom. The van der Waals surface area contributed by atoms with Crippen molar-refractivity contribution in [2.75, 3.05) is 33.1 Å². The summed E-state index contributed by atoms with van der Waals surface area (Å²) in [7, 11) is 0. The second-order valence-electron chi connectivity index (χ2n) is 8.35. The van der Waals surface area contributed by atoms with Gasteiger partial charge in [0, 0.05) is 18.7 Å². The number of nitrogens with zero attached hydrogens (tertiary/aromatic N) is 3. The molecule has 1 unspecified atom stereocenters. The standard InChI is InChI=1S/C25H21N5O6/c26-12-17-20(14-2-1-3-16(10-14)35-25(31)30-6-8-32-9-7-30)21-22(28-29-24(21)36-23(17)27)15-4-5-18-19(11-15)34-13-33-18/h1-5,10-11,20H,6-9,13,27H2,(H,28,29). The highest BCUT2D eigenvalue weighted by Crippen LogP contribution is 2.47. The first-order valence-corrected chi connectivity index (χ1v) is 11.3. The monoisotopic (exact) mass is 487 g/mol. The summed E-state index contributed by atoms with van der Waals surface area (Å²) in [5.74, 6) is 1.23. The van der Waals surface area contributed by atoms with E-state index in [0.717, 1.165) is 5.56 Å². The van der Waals surface area contributed by atoms with Crippen LogP contribution in [-0.4, -0.2) is 54.3 Å². The lowest BCUT2D eigenvalue weighted by Crippen LogP contribution is -2.42. The molecule has 6 rings (SSSR count). The molecule has 1 amide bonds. The lowest BCUT2D eigenvalue weighted by Gasteiger charge is -2.26. The number of aromatic amines is 1. The van der Waals surface area contributed by atoms with Crippen LogP contribution in [0.2, 0.25) is 0 Å². The van der Waals surface area contributed by atoms with Crippen LogP contribution in [0.4, 0.5) is 4.79 Å². The van der Waals surface area contributed by atoms with Gasteiger partial charge >= 0.3 is 6.09 Å². The van der Waals surface area contributed by atoms with Crippen molar-refractivity contribution in [2.24, 2.45) is 5.73 Å². The lowest BCUT2D eigenvalue weighted by atomic mass is 9.83. The molecule has 4 heterocycles. The Labute approximate surface area is 205 Å². The Bertz CT molecular complexity index is 1420. The van der Waals surface area contributed by atoms with Gasteiger partial charge in [-0.05, 0) is 35.9 Å². The molecule has 0 saturated carbocycles. The maximum atomic E-state index is 12.6. The second-order valence-corrected chi connectivity index (χ2v) is 8.35. The van der Waals surface area contributed by atoms with Gasteiger partial charge in [-0.1, -0.05) is 12.1 Å². The molecular formula is C25H21N5O6. The average Bonchev–Trinajstić information content (AvgIpc) is 3.55. The summed E-state index contributed by atoms with van der Waals surface area (Å²) >= 11 is 0. The topological polar surface area (TPSA) is 145 Å². The number of nitrogens with one attached hydrogen (secondary N) is 1. The summed E-state index contributed by atoms with van der Waals surface area (Å²) in [5.41, 5.74) is 9.08. The Balaban J connectivity index is 1.39. The molecule has 11 nitrogen and oxygen atoms in total. The number of allylic oxidation sites excluding steroid dienone is 1. The zero-order chi connectivity index (χ0) is 24.6. The number of fused-ring (bicyclic) bond motifs is 2. The number of carbonyl (C=O) groups excluding carboxylic acids is 1. The molecule has 1 fully saturated rings. The van der Waals surface area contributed by atoms with Crippen molar-refractivity contribution >= 4 is 6.09 Å². The number of hydrogen-bond donors (Lipinski definition) is 2. The van der Waals surface area contributed by atoms with Crippen LogP contribution in [0.5, 0.6) is 23.1 Å². The maximum Gasteiger partial charge on any atom is 0.415 e. The first-order chi connectivity index (χ1) is 17.6. The third-order valence-electron chi connectivity index (χ3n) is 6.27. The molecule has 0 bridgehead atoms. The van der Waals surface area contributed by atoms with Gasteiger partial charge in [0.15, 0.2) is 11.5 Å². The number of nitriles is 1. The van der Waals surface area contributed by atoms with Crippen molar-refractivity contribution in [3.63, 3.8) is 0 Å². The molecule has 3 aliphatic rings. The molecule has 1 atom stereocenters. The van der Waals surface area contributed by atoms with E-state index in [1.807, 2.05) is 24.3 Å². The maximum absolute atomic E-state index is 12.6. The zero-order valence-corrected chi connectivity index (χ0v) is 19.0. The number of morpholine rings is 1. The van der Waals surface area contributed by atoms with E-state index in [4.69, 9.17) is 29.4 Å². The van der Waals surface area contributed by atoms with Crippen molar-refractivity contribution < 1.29 is 28.5 Å². The smallest absolute Gasteiger partial charge is 0.415 e. The van der Waals surface area contributed by atoms with Crippen molar-refractivity contribution in [3.05, 3.63) is 65.0 Å². The first kappa shape index (κ1) is 21.8. The third-order valence-corrected chi connectivity index (χ3v) is 6.27. The zero-order valence-electron chi connectivity index (χ0n) is 19.0. The van der Waals surface area contributed by atoms with Crippen LogP contribution in [0.25, 0.3) is 11.3 Å². The molecular weight excluding hydrogens is 466 g/mol. The highest BCUT2D eigenvalue weighted by Gasteiger charge is 2.36. The summed E-state index contributed by atoms with van der Waals surface area (Å²) in [6, 6.07) is 14.7. The number of benzene rings is 2. The molecule has 11 heteroatoms. The minimum atomic E-state index is -0.611. The Hall–Kier alpha value is -4.69. The Morgan fingerprint density at radius 1 is 1.17 bits per heavy atom. The summed E-state index contributed by atoms with van der Waals surface area (Å²) in [6.45, 7) is 2.03. The number of nitrogens with two attached hydrogens (primary N) is 1. The van der Waals surface area contributed by atoms with Crippen LogP contribution < -0.4 is 24.7 Å². The second kappa shape index (κ2) is 8.83. The van der Waals surface area contributed by atoms with E-state index in [2.05, 4.69) is 16.3 Å². The fourth-order valence-corrected chi connectivity index (χ4v) is 4.52. The molecule has 182 valence electrons. The minimum absolute atomic E-state index is 0.0329. The highest BCUT2D eigenvalue weighted by atomic mass is 16.7. The average molecular weight is 487 g/mol. The van der Waals surface area contributed by atoms with Crippen molar-refractivity contribution in [2.45, 2.75) is 5.92 Å². The predicted octanol–water partition coefficient (Wildman–Crippen LogP) is 2.85. The van der Waals surface area contributed by atoms with Crippen LogP contribution in [0.3, 0.4) is 0 Å². The fraction of sp³-hybridized carbons (Fsp3) is 0.240. The fourth-order valence-electron chi connectivity index (χ4n) is 4.52. The minimum Gasteiger partial charge on any atom is -0.454 e. The summed E-state index contributed by atoms with van der Waals surface area (Å²) in [4.78, 5) is 14.2. The van der Waals surface area contributed by atoms with Crippen LogP contribution in [0.1, 0.15) is 17.0 Å². The third kappa shape index (κ3) is 3.73. The molecule has 0 radical (unpaired) electrons. The van der Waals surface area contributed by atoms with E-state index in [9.17, 15) is 10.1 Å². The number of aromatic nitrogens is 2. The van der Waals surface area contributed by atoms with Gasteiger partial charge in [-0.3, -0.25) is 5.10 Å². The van der Waals surface area contributed by atoms with Gasteiger partial charge in [0.1, 0.15) is 17.4 Å². The van der Waals surface area contributed by atoms with Crippen molar-refractivity contribution in [1.82, 2.24) is 15.1 Å². The highest BCUT2D eigenvalue weighted by molar-refractivity contribution is 5.74. The summed E-state index contributed by atoms with van der Waals surface area (Å²) in [6.07, 6.45) is -0.456. The number of H-pyrrole nitrogens is 1. The SMILES string of the molecule is N#CC1=C(N)Oc2n[nH]c(-c3ccc4c(c3)OCO4)c2C1c1cccc(OC(=O)N2CCOCC2)c1. The van der Waals surface area contributed by atoms with E-state index < -0.39 is 12.0 Å². The van der Waals surface area contributed by atoms with Crippen LogP contribution in [-0.2, 0) is 4.74 Å². The number of ether oxygens (including phenoxy) is 5. The van der Waals surface area contributed by atoms with Gasteiger partial charge in [-0.15, -0.1) is 5.10 Å². The van der Waals surface area contributed by atoms with Gasteiger partial charge in [-0.2, -0.15) is 5.26 Å². The van der Waals surface area contributed by atoms with Crippen LogP contribution >= 0.6 is 0 Å². The van der Waals surface area contributed by atoms with E-state index >= 15 is 0 Å². The molecule has 1 aromatic heterocycles. The van der Waals surface area contributed by atoms with Gasteiger partial charge in [0.25, 0.3) is 0 Å². The summed E-state index contributed by atoms with van der Waals surface area (Å²) < 4.78 is 27.6. The van der Waals surface area contributed by atoms with Crippen molar-refractivity contribution in [1.29, 1.82) is 5.26 Å². The predicted molar refractivity (Wildman–Crippen MR) is 124 cm³/mol. The number of carbonyl (C=O) groups is 1. The largest absolute Gasteiger partial charge is 0.454 e. The van der Waals surface area contributed by atoms with Crippen LogP contribution in [0, 0.1) is 11.3 Å². The number of amides is 1. The van der Waals surface area contributed by atoms with Crippen LogP contribution in [0.15, 0.2) is 53.9 Å². The van der Waals surface area contributed by atoms with Crippen molar-refractivity contribution in [3.8, 4) is 40.5 Å². The molecule has 3 aliphatic heterocycles. The van der Waals surface area contributed by atoms with Gasteiger partial charge < -0.3 is 34.3 Å². The van der Waals surface area contributed by atoms with Gasteiger partial charge in [-0.25, -0.2) is 4.79 Å².